The van der Waals surface area contributed by atoms with Crippen LogP contribution in [0.3, 0.4) is 0 Å². The van der Waals surface area contributed by atoms with Crippen molar-refractivity contribution < 1.29 is 14.2 Å². The number of anilines is 2. The highest BCUT2D eigenvalue weighted by molar-refractivity contribution is 6.33. The highest BCUT2D eigenvalue weighted by atomic mass is 35.5. The summed E-state index contributed by atoms with van der Waals surface area (Å²) in [7, 11) is 0. The van der Waals surface area contributed by atoms with Gasteiger partial charge in [0.25, 0.3) is 0 Å². The van der Waals surface area contributed by atoms with Gasteiger partial charge >= 0.3 is 0 Å². The molecule has 1 aliphatic rings. The van der Waals surface area contributed by atoms with Gasteiger partial charge in [-0.25, -0.2) is 19.3 Å². The molecule has 37 heavy (non-hydrogen) atoms. The smallest absolute Gasteiger partial charge is 0.160 e. The Bertz CT molecular complexity index is 1530. The van der Waals surface area contributed by atoms with Gasteiger partial charge in [0.1, 0.15) is 29.4 Å². The molecule has 0 aliphatic heterocycles. The van der Waals surface area contributed by atoms with Crippen LogP contribution in [0.15, 0.2) is 48.4 Å². The normalized spacial score (nSPS) is 20.2. The van der Waals surface area contributed by atoms with Crippen LogP contribution in [0.2, 0.25) is 5.02 Å². The van der Waals surface area contributed by atoms with E-state index in [-0.39, 0.29) is 16.9 Å². The van der Waals surface area contributed by atoms with E-state index in [0.717, 1.165) is 22.2 Å². The summed E-state index contributed by atoms with van der Waals surface area (Å²) in [5.74, 6) is -1.15. The maximum atomic E-state index is 14.9. The lowest BCUT2D eigenvalue weighted by molar-refractivity contribution is -0.236. The molecule has 8 nitrogen and oxygen atoms in total. The number of nitrogens with zero attached hydrogens (tertiary/aromatic N) is 4. The summed E-state index contributed by atoms with van der Waals surface area (Å²) < 4.78 is 23.3. The number of hydrogen-bond acceptors (Lipinski definition) is 7. The maximum absolute atomic E-state index is 14.9. The summed E-state index contributed by atoms with van der Waals surface area (Å²) >= 11 is 6.03. The second-order valence-electron chi connectivity index (χ2n) is 10.1. The second kappa shape index (κ2) is 9.24. The number of allylic oxidation sites excluding steroid dienone is 1. The molecule has 3 aromatic heterocycles. The van der Waals surface area contributed by atoms with Crippen molar-refractivity contribution in [2.75, 3.05) is 11.5 Å². The Balaban J connectivity index is 1.50. The summed E-state index contributed by atoms with van der Waals surface area (Å²) in [6.07, 6.45) is 7.98. The summed E-state index contributed by atoms with van der Waals surface area (Å²) in [6.45, 7) is 5.31. The number of benzene rings is 1. The van der Waals surface area contributed by atoms with Crippen molar-refractivity contribution >= 4 is 45.2 Å². The number of ether oxygens (including phenoxy) is 1. The van der Waals surface area contributed by atoms with Crippen molar-refractivity contribution in [2.45, 2.75) is 63.9 Å². The Morgan fingerprint density at radius 1 is 1.19 bits per heavy atom. The predicted molar refractivity (Wildman–Crippen MR) is 144 cm³/mol. The number of aliphatic hydroxyl groups is 1. The monoisotopic (exact) mass is 524 g/mol. The SMILES string of the molecule is CCC1(OC(C)(C)O)CC(n2ccc3c(N)ncnc32)C=C1CCc1cc(F)c2cc(Cl)c(N)nc2c1. The fraction of sp³-hybridized carbons (Fsp3) is 0.370. The molecule has 2 unspecified atom stereocenters. The van der Waals surface area contributed by atoms with Crippen molar-refractivity contribution in [3.05, 3.63) is 64.8 Å². The van der Waals surface area contributed by atoms with Gasteiger partial charge in [-0.1, -0.05) is 24.6 Å². The maximum Gasteiger partial charge on any atom is 0.160 e. The van der Waals surface area contributed by atoms with Crippen LogP contribution in [0.1, 0.15) is 51.6 Å². The Labute approximate surface area is 219 Å². The third kappa shape index (κ3) is 4.74. The first-order valence-corrected chi connectivity index (χ1v) is 12.6. The minimum absolute atomic E-state index is 0.0685. The topological polar surface area (TPSA) is 125 Å². The minimum atomic E-state index is -1.34. The lowest BCUT2D eigenvalue weighted by atomic mass is 9.87. The molecule has 0 amide bonds. The number of nitrogens with two attached hydrogens (primary N) is 2. The van der Waals surface area contributed by atoms with Crippen molar-refractivity contribution in [1.82, 2.24) is 19.5 Å². The number of pyridine rings is 1. The lowest BCUT2D eigenvalue weighted by Gasteiger charge is -2.38. The van der Waals surface area contributed by atoms with E-state index in [1.807, 2.05) is 25.3 Å². The van der Waals surface area contributed by atoms with Crippen molar-refractivity contribution in [3.63, 3.8) is 0 Å². The largest absolute Gasteiger partial charge is 0.383 e. The molecule has 5 N–H and O–H groups in total. The van der Waals surface area contributed by atoms with E-state index in [9.17, 15) is 9.50 Å². The van der Waals surface area contributed by atoms with E-state index in [2.05, 4.69) is 25.6 Å². The van der Waals surface area contributed by atoms with Crippen LogP contribution in [0.4, 0.5) is 16.0 Å². The first kappa shape index (κ1) is 25.4. The summed E-state index contributed by atoms with van der Waals surface area (Å²) in [5, 5.41) is 12.0. The van der Waals surface area contributed by atoms with Crippen LogP contribution in [0, 0.1) is 5.82 Å². The molecular weight excluding hydrogens is 495 g/mol. The van der Waals surface area contributed by atoms with Crippen LogP contribution < -0.4 is 11.5 Å². The van der Waals surface area contributed by atoms with Gasteiger partial charge in [-0.3, -0.25) is 0 Å². The van der Waals surface area contributed by atoms with Gasteiger partial charge in [-0.15, -0.1) is 0 Å². The molecule has 1 aliphatic carbocycles. The van der Waals surface area contributed by atoms with Gasteiger partial charge in [0, 0.05) is 18.0 Å². The highest BCUT2D eigenvalue weighted by Gasteiger charge is 2.44. The third-order valence-corrected chi connectivity index (χ3v) is 7.34. The van der Waals surface area contributed by atoms with Crippen LogP contribution in [-0.4, -0.2) is 36.0 Å². The van der Waals surface area contributed by atoms with E-state index < -0.39 is 17.2 Å². The minimum Gasteiger partial charge on any atom is -0.383 e. The van der Waals surface area contributed by atoms with Gasteiger partial charge in [0.15, 0.2) is 5.79 Å². The van der Waals surface area contributed by atoms with Gasteiger partial charge in [-0.2, -0.15) is 0 Å². The van der Waals surface area contributed by atoms with E-state index in [1.54, 1.807) is 13.8 Å². The Morgan fingerprint density at radius 3 is 2.70 bits per heavy atom. The van der Waals surface area contributed by atoms with E-state index in [4.69, 9.17) is 27.8 Å². The highest BCUT2D eigenvalue weighted by Crippen LogP contribution is 2.46. The number of rotatable bonds is 7. The number of hydrogen-bond donors (Lipinski definition) is 3. The molecule has 0 radical (unpaired) electrons. The average molecular weight is 525 g/mol. The molecule has 2 atom stereocenters. The Hall–Kier alpha value is -3.27. The Kier molecular flexibility index (Phi) is 6.34. The number of fused-ring (bicyclic) bond motifs is 2. The summed E-state index contributed by atoms with van der Waals surface area (Å²) in [6, 6.07) is 6.68. The van der Waals surface area contributed by atoms with Crippen LogP contribution in [-0.2, 0) is 11.2 Å². The summed E-state index contributed by atoms with van der Waals surface area (Å²) in [5.41, 5.74) is 14.2. The molecule has 0 saturated heterocycles. The molecule has 0 spiro atoms. The fourth-order valence-corrected chi connectivity index (χ4v) is 5.54. The van der Waals surface area contributed by atoms with Crippen molar-refractivity contribution in [1.29, 1.82) is 0 Å². The predicted octanol–water partition coefficient (Wildman–Crippen LogP) is 5.33. The number of aromatic nitrogens is 4. The molecule has 194 valence electrons. The van der Waals surface area contributed by atoms with Gasteiger partial charge in [0.05, 0.1) is 27.6 Å². The standard InChI is InChI=1S/C27H30ClFN6O2/c1-4-27(37-26(2,3)36)13-17(35-8-7-18-23(30)32-14-33-25(18)35)11-16(27)6-5-15-9-21(29)19-12-20(28)24(31)34-22(19)10-15/h7-12,14,17,36H,4-6,13H2,1-3H3,(H2,31,34)(H2,30,32,33). The molecule has 0 saturated carbocycles. The van der Waals surface area contributed by atoms with Gasteiger partial charge in [0.2, 0.25) is 0 Å². The quantitative estimate of drug-likeness (QED) is 0.220. The zero-order valence-corrected chi connectivity index (χ0v) is 21.8. The number of nitrogen functional groups attached to an aromatic ring is 2. The molecule has 0 bridgehead atoms. The zero-order valence-electron chi connectivity index (χ0n) is 21.0. The van der Waals surface area contributed by atoms with Gasteiger partial charge in [-0.05, 0) is 68.5 Å². The summed E-state index contributed by atoms with van der Waals surface area (Å²) in [4.78, 5) is 12.8. The molecule has 0 fully saturated rings. The molecule has 1 aromatic carbocycles. The lowest BCUT2D eigenvalue weighted by Crippen LogP contribution is -2.41. The van der Waals surface area contributed by atoms with Gasteiger partial charge < -0.3 is 25.9 Å². The number of aryl methyl sites for hydroxylation is 1. The second-order valence-corrected chi connectivity index (χ2v) is 10.5. The van der Waals surface area contributed by atoms with Crippen LogP contribution in [0.5, 0.6) is 0 Å². The molecular formula is C27H30ClFN6O2. The van der Waals surface area contributed by atoms with E-state index >= 15 is 0 Å². The number of halogens is 2. The first-order valence-electron chi connectivity index (χ1n) is 12.2. The first-order chi connectivity index (χ1) is 17.5. The molecule has 4 aromatic rings. The average Bonchev–Trinajstić information content (AvgIpc) is 3.41. The fourth-order valence-electron chi connectivity index (χ4n) is 5.39. The molecule has 10 heteroatoms. The van der Waals surface area contributed by atoms with E-state index in [1.165, 1.54) is 18.5 Å². The molecule has 3 heterocycles. The van der Waals surface area contributed by atoms with Crippen molar-refractivity contribution in [3.8, 4) is 0 Å². The zero-order chi connectivity index (χ0) is 26.5. The van der Waals surface area contributed by atoms with Crippen LogP contribution in [0.25, 0.3) is 21.9 Å². The third-order valence-electron chi connectivity index (χ3n) is 7.04. The molecule has 5 rings (SSSR count). The Morgan fingerprint density at radius 2 is 1.97 bits per heavy atom. The van der Waals surface area contributed by atoms with Crippen LogP contribution >= 0.6 is 11.6 Å². The van der Waals surface area contributed by atoms with Crippen molar-refractivity contribution in [2.24, 2.45) is 0 Å². The van der Waals surface area contributed by atoms with E-state index in [0.29, 0.717) is 42.4 Å².